The minimum Gasteiger partial charge on any atom is -0.459 e. The van der Waals surface area contributed by atoms with E-state index in [9.17, 15) is 9.59 Å². The summed E-state index contributed by atoms with van der Waals surface area (Å²) in [6.07, 6.45) is 2.95. The third-order valence-electron chi connectivity index (χ3n) is 2.00. The lowest BCUT2D eigenvalue weighted by Crippen LogP contribution is -2.26. The van der Waals surface area contributed by atoms with E-state index in [4.69, 9.17) is 4.74 Å². The third kappa shape index (κ3) is 1.94. The van der Waals surface area contributed by atoms with Crippen molar-refractivity contribution in [1.29, 1.82) is 0 Å². The van der Waals surface area contributed by atoms with Crippen molar-refractivity contribution in [2.24, 2.45) is 0 Å². The van der Waals surface area contributed by atoms with E-state index < -0.39 is 5.97 Å². The number of ether oxygens (including phenoxy) is 1. The molecule has 3 heteroatoms. The first-order valence-corrected chi connectivity index (χ1v) is 4.02. The molecule has 1 rings (SSSR count). The van der Waals surface area contributed by atoms with E-state index in [2.05, 4.69) is 6.58 Å². The lowest BCUT2D eigenvalue weighted by atomic mass is 9.96. The number of esters is 1. The fourth-order valence-corrected chi connectivity index (χ4v) is 0.855. The van der Waals surface area contributed by atoms with Gasteiger partial charge in [-0.15, -0.1) is 0 Å². The van der Waals surface area contributed by atoms with Crippen molar-refractivity contribution < 1.29 is 14.3 Å². The molecule has 0 N–H and O–H groups in total. The quantitative estimate of drug-likeness (QED) is 0.275. The standard InChI is InChI=1S/C9H12O3/c1-6(7(2)10)9(11)12-8-4-3-5-8/h8H,1,3-5H2,2H3. The Morgan fingerprint density at radius 2 is 2.00 bits per heavy atom. The first-order chi connectivity index (χ1) is 5.61. The zero-order valence-corrected chi connectivity index (χ0v) is 7.13. The van der Waals surface area contributed by atoms with Crippen LogP contribution in [0.4, 0.5) is 0 Å². The van der Waals surface area contributed by atoms with Crippen LogP contribution in [0.3, 0.4) is 0 Å². The van der Waals surface area contributed by atoms with Crippen LogP contribution in [0.5, 0.6) is 0 Å². The smallest absolute Gasteiger partial charge is 0.341 e. The normalized spacial score (nSPS) is 16.4. The van der Waals surface area contributed by atoms with Gasteiger partial charge in [-0.2, -0.15) is 0 Å². The highest BCUT2D eigenvalue weighted by Crippen LogP contribution is 2.22. The Kier molecular flexibility index (Phi) is 2.63. The Labute approximate surface area is 71.4 Å². The molecule has 0 unspecified atom stereocenters. The number of rotatable bonds is 3. The number of hydrogen-bond acceptors (Lipinski definition) is 3. The topological polar surface area (TPSA) is 43.4 Å². The van der Waals surface area contributed by atoms with Crippen LogP contribution in [0, 0.1) is 0 Å². The van der Waals surface area contributed by atoms with Gasteiger partial charge in [-0.25, -0.2) is 4.79 Å². The first kappa shape index (κ1) is 8.97. The molecule has 12 heavy (non-hydrogen) atoms. The van der Waals surface area contributed by atoms with Gasteiger partial charge in [0.05, 0.1) is 5.57 Å². The number of ketones is 1. The van der Waals surface area contributed by atoms with Crippen LogP contribution in [-0.2, 0) is 14.3 Å². The fraction of sp³-hybridized carbons (Fsp3) is 0.556. The highest BCUT2D eigenvalue weighted by Gasteiger charge is 2.23. The van der Waals surface area contributed by atoms with Gasteiger partial charge in [0.15, 0.2) is 5.78 Å². The van der Waals surface area contributed by atoms with Crippen molar-refractivity contribution in [3.05, 3.63) is 12.2 Å². The summed E-state index contributed by atoms with van der Waals surface area (Å²) in [5, 5.41) is 0. The monoisotopic (exact) mass is 168 g/mol. The highest BCUT2D eigenvalue weighted by atomic mass is 16.5. The second-order valence-corrected chi connectivity index (χ2v) is 2.99. The van der Waals surface area contributed by atoms with Crippen molar-refractivity contribution in [3.8, 4) is 0 Å². The fourth-order valence-electron chi connectivity index (χ4n) is 0.855. The molecular weight excluding hydrogens is 156 g/mol. The molecule has 0 aromatic carbocycles. The van der Waals surface area contributed by atoms with Crippen molar-refractivity contribution >= 4 is 11.8 Å². The van der Waals surface area contributed by atoms with Crippen LogP contribution in [-0.4, -0.2) is 17.9 Å². The number of Topliss-reactive ketones (excluding diaryl/α,β-unsaturated/α-hetero) is 1. The van der Waals surface area contributed by atoms with Crippen molar-refractivity contribution in [3.63, 3.8) is 0 Å². The van der Waals surface area contributed by atoms with Gasteiger partial charge in [0, 0.05) is 0 Å². The van der Waals surface area contributed by atoms with Gasteiger partial charge in [0.25, 0.3) is 0 Å². The van der Waals surface area contributed by atoms with Crippen LogP contribution in [0.25, 0.3) is 0 Å². The van der Waals surface area contributed by atoms with E-state index >= 15 is 0 Å². The molecule has 0 amide bonds. The van der Waals surface area contributed by atoms with Crippen molar-refractivity contribution in [2.75, 3.05) is 0 Å². The van der Waals surface area contributed by atoms with Gasteiger partial charge in [0.2, 0.25) is 0 Å². The van der Waals surface area contributed by atoms with Crippen LogP contribution in [0.2, 0.25) is 0 Å². The zero-order chi connectivity index (χ0) is 9.14. The van der Waals surface area contributed by atoms with Crippen LogP contribution >= 0.6 is 0 Å². The summed E-state index contributed by atoms with van der Waals surface area (Å²) in [5.74, 6) is -0.883. The number of carbonyl (C=O) groups is 2. The van der Waals surface area contributed by atoms with Gasteiger partial charge in [-0.05, 0) is 26.2 Å². The molecule has 1 aliphatic carbocycles. The summed E-state index contributed by atoms with van der Waals surface area (Å²) in [6.45, 7) is 4.65. The molecule has 0 spiro atoms. The van der Waals surface area contributed by atoms with E-state index in [0.29, 0.717) is 0 Å². The Hall–Kier alpha value is -1.12. The second kappa shape index (κ2) is 3.52. The summed E-state index contributed by atoms with van der Waals surface area (Å²) in [4.78, 5) is 21.7. The molecule has 0 radical (unpaired) electrons. The van der Waals surface area contributed by atoms with Crippen LogP contribution < -0.4 is 0 Å². The lowest BCUT2D eigenvalue weighted by molar-refractivity contribution is -0.148. The Bertz CT molecular complexity index is 226. The molecule has 0 bridgehead atoms. The highest BCUT2D eigenvalue weighted by molar-refractivity contribution is 6.15. The minimum atomic E-state index is -0.563. The summed E-state index contributed by atoms with van der Waals surface area (Å²) in [7, 11) is 0. The summed E-state index contributed by atoms with van der Waals surface area (Å²) in [6, 6.07) is 0. The average molecular weight is 168 g/mol. The molecular formula is C9H12O3. The van der Waals surface area contributed by atoms with Crippen molar-refractivity contribution in [1.82, 2.24) is 0 Å². The molecule has 3 nitrogen and oxygen atoms in total. The summed E-state index contributed by atoms with van der Waals surface area (Å²) < 4.78 is 4.95. The molecule has 1 saturated carbocycles. The Balaban J connectivity index is 2.36. The van der Waals surface area contributed by atoms with Gasteiger partial charge in [0.1, 0.15) is 6.10 Å². The van der Waals surface area contributed by atoms with Gasteiger partial charge in [-0.1, -0.05) is 6.58 Å². The van der Waals surface area contributed by atoms with Crippen LogP contribution in [0.15, 0.2) is 12.2 Å². The van der Waals surface area contributed by atoms with E-state index in [1.807, 2.05) is 0 Å². The molecule has 0 atom stereocenters. The van der Waals surface area contributed by atoms with Gasteiger partial charge < -0.3 is 4.74 Å². The summed E-state index contributed by atoms with van der Waals surface area (Å²) >= 11 is 0. The molecule has 0 saturated heterocycles. The summed E-state index contributed by atoms with van der Waals surface area (Å²) in [5.41, 5.74) is -0.0538. The van der Waals surface area contributed by atoms with E-state index in [0.717, 1.165) is 19.3 Å². The average Bonchev–Trinajstić information content (AvgIpc) is 1.94. The van der Waals surface area contributed by atoms with Gasteiger partial charge in [-0.3, -0.25) is 4.79 Å². The molecule has 0 aromatic rings. The van der Waals surface area contributed by atoms with Gasteiger partial charge >= 0.3 is 5.97 Å². The van der Waals surface area contributed by atoms with E-state index in [1.165, 1.54) is 6.92 Å². The maximum atomic E-state index is 11.0. The molecule has 0 aromatic heterocycles. The lowest BCUT2D eigenvalue weighted by Gasteiger charge is -2.25. The third-order valence-corrected chi connectivity index (χ3v) is 2.00. The van der Waals surface area contributed by atoms with E-state index in [1.54, 1.807) is 0 Å². The number of hydrogen-bond donors (Lipinski definition) is 0. The maximum absolute atomic E-state index is 11.0. The van der Waals surface area contributed by atoms with Crippen molar-refractivity contribution in [2.45, 2.75) is 32.3 Å². The SMILES string of the molecule is C=C(C(C)=O)C(=O)OC1CCC1. The largest absolute Gasteiger partial charge is 0.459 e. The maximum Gasteiger partial charge on any atom is 0.341 e. The predicted octanol–water partition coefficient (Wildman–Crippen LogP) is 1.23. The molecule has 0 aliphatic heterocycles. The molecule has 1 aliphatic rings. The first-order valence-electron chi connectivity index (χ1n) is 4.02. The molecule has 0 heterocycles. The van der Waals surface area contributed by atoms with E-state index in [-0.39, 0.29) is 17.5 Å². The molecule has 1 fully saturated rings. The zero-order valence-electron chi connectivity index (χ0n) is 7.13. The number of carbonyl (C=O) groups excluding carboxylic acids is 2. The predicted molar refractivity (Wildman–Crippen MR) is 43.6 cm³/mol. The second-order valence-electron chi connectivity index (χ2n) is 2.99. The van der Waals surface area contributed by atoms with Crippen LogP contribution in [0.1, 0.15) is 26.2 Å². The minimum absolute atomic E-state index is 0.0219. The Morgan fingerprint density at radius 1 is 1.42 bits per heavy atom. The molecule has 66 valence electrons. The Morgan fingerprint density at radius 3 is 2.33 bits per heavy atom.